The zero-order valence-corrected chi connectivity index (χ0v) is 16.6. The number of rotatable bonds is 6. The van der Waals surface area contributed by atoms with Crippen molar-refractivity contribution in [1.82, 2.24) is 9.80 Å². The summed E-state index contributed by atoms with van der Waals surface area (Å²) in [5.41, 5.74) is 2.15. The number of hydrogen-bond donors (Lipinski definition) is 0. The summed E-state index contributed by atoms with van der Waals surface area (Å²) < 4.78 is 5.42. The monoisotopic (exact) mass is 360 g/mol. The Bertz CT molecular complexity index is 628. The van der Waals surface area contributed by atoms with Gasteiger partial charge in [-0.2, -0.15) is 0 Å². The number of nitrogens with zero attached hydrogens (tertiary/aromatic N) is 2. The van der Waals surface area contributed by atoms with E-state index in [0.29, 0.717) is 31.8 Å². The Morgan fingerprint density at radius 2 is 1.73 bits per heavy atom. The van der Waals surface area contributed by atoms with E-state index in [1.165, 1.54) is 0 Å². The summed E-state index contributed by atoms with van der Waals surface area (Å²) >= 11 is 0. The summed E-state index contributed by atoms with van der Waals surface area (Å²) in [5, 5.41) is 0. The summed E-state index contributed by atoms with van der Waals surface area (Å²) in [6, 6.07) is 6.00. The van der Waals surface area contributed by atoms with Crippen LogP contribution in [0.2, 0.25) is 0 Å². The van der Waals surface area contributed by atoms with Gasteiger partial charge in [-0.3, -0.25) is 9.59 Å². The van der Waals surface area contributed by atoms with Gasteiger partial charge in [-0.05, 0) is 36.0 Å². The molecule has 1 aliphatic heterocycles. The van der Waals surface area contributed by atoms with Crippen molar-refractivity contribution in [3.05, 3.63) is 29.3 Å². The van der Waals surface area contributed by atoms with Crippen LogP contribution in [0.3, 0.4) is 0 Å². The van der Waals surface area contributed by atoms with E-state index in [9.17, 15) is 9.59 Å². The molecule has 1 fully saturated rings. The van der Waals surface area contributed by atoms with Crippen molar-refractivity contribution in [2.75, 3.05) is 33.3 Å². The third kappa shape index (κ3) is 5.23. The Morgan fingerprint density at radius 1 is 1.08 bits per heavy atom. The standard InChI is InChI=1S/C21H32N2O3/c1-5-7-20(24)22-10-6-11-23(13-12-22)21(25)15-17-8-9-19(26-4)18(14-17)16(2)3/h8-9,14,16H,5-7,10-13,15H2,1-4H3. The molecule has 1 saturated heterocycles. The van der Waals surface area contributed by atoms with Crippen molar-refractivity contribution in [3.8, 4) is 5.75 Å². The molecule has 0 aromatic heterocycles. The molecule has 1 aromatic rings. The summed E-state index contributed by atoms with van der Waals surface area (Å²) in [6.07, 6.45) is 2.71. The lowest BCUT2D eigenvalue weighted by Crippen LogP contribution is -2.37. The minimum atomic E-state index is 0.134. The number of carbonyl (C=O) groups is 2. The third-order valence-corrected chi connectivity index (χ3v) is 4.94. The fraction of sp³-hybridized carbons (Fsp3) is 0.619. The predicted octanol–water partition coefficient (Wildman–Crippen LogP) is 3.22. The lowest BCUT2D eigenvalue weighted by Gasteiger charge is -2.22. The molecule has 0 aliphatic carbocycles. The molecule has 0 spiro atoms. The molecule has 0 atom stereocenters. The van der Waals surface area contributed by atoms with Gasteiger partial charge < -0.3 is 14.5 Å². The van der Waals surface area contributed by atoms with Crippen molar-refractivity contribution in [1.29, 1.82) is 0 Å². The lowest BCUT2D eigenvalue weighted by atomic mass is 9.98. The highest BCUT2D eigenvalue weighted by Crippen LogP contribution is 2.27. The van der Waals surface area contributed by atoms with Crippen LogP contribution < -0.4 is 4.74 Å². The first-order valence-electron chi connectivity index (χ1n) is 9.68. The van der Waals surface area contributed by atoms with E-state index in [0.717, 1.165) is 42.8 Å². The van der Waals surface area contributed by atoms with Crippen LogP contribution in [0.1, 0.15) is 57.1 Å². The van der Waals surface area contributed by atoms with E-state index in [4.69, 9.17) is 4.74 Å². The van der Waals surface area contributed by atoms with Crippen LogP contribution in [0.5, 0.6) is 5.75 Å². The van der Waals surface area contributed by atoms with Gasteiger partial charge in [0.05, 0.1) is 13.5 Å². The first-order valence-corrected chi connectivity index (χ1v) is 9.68. The number of hydrogen-bond acceptors (Lipinski definition) is 3. The second-order valence-corrected chi connectivity index (χ2v) is 7.27. The van der Waals surface area contributed by atoms with E-state index in [1.54, 1.807) is 7.11 Å². The van der Waals surface area contributed by atoms with Gasteiger partial charge in [0.25, 0.3) is 0 Å². The smallest absolute Gasteiger partial charge is 0.227 e. The fourth-order valence-corrected chi connectivity index (χ4v) is 3.42. The van der Waals surface area contributed by atoms with Gasteiger partial charge in [0, 0.05) is 32.6 Å². The van der Waals surface area contributed by atoms with E-state index in [1.807, 2.05) is 28.9 Å². The molecule has 0 radical (unpaired) electrons. The van der Waals surface area contributed by atoms with E-state index >= 15 is 0 Å². The van der Waals surface area contributed by atoms with Crippen molar-refractivity contribution in [2.24, 2.45) is 0 Å². The zero-order valence-electron chi connectivity index (χ0n) is 16.6. The highest BCUT2D eigenvalue weighted by atomic mass is 16.5. The van der Waals surface area contributed by atoms with Crippen molar-refractivity contribution in [2.45, 2.75) is 52.4 Å². The van der Waals surface area contributed by atoms with Crippen LogP contribution in [0, 0.1) is 0 Å². The lowest BCUT2D eigenvalue weighted by molar-refractivity contribution is -0.133. The summed E-state index contributed by atoms with van der Waals surface area (Å²) in [6.45, 7) is 9.02. The van der Waals surface area contributed by atoms with Gasteiger partial charge in [-0.25, -0.2) is 0 Å². The molecule has 5 nitrogen and oxygen atoms in total. The highest BCUT2D eigenvalue weighted by molar-refractivity contribution is 5.79. The average molecular weight is 360 g/mol. The minimum Gasteiger partial charge on any atom is -0.496 e. The first kappa shape index (κ1) is 20.3. The molecule has 0 unspecified atom stereocenters. The molecular weight excluding hydrogens is 328 g/mol. The Morgan fingerprint density at radius 3 is 2.31 bits per heavy atom. The average Bonchev–Trinajstić information content (AvgIpc) is 2.88. The summed E-state index contributed by atoms with van der Waals surface area (Å²) in [4.78, 5) is 28.6. The van der Waals surface area contributed by atoms with Gasteiger partial charge in [0.2, 0.25) is 11.8 Å². The number of carbonyl (C=O) groups excluding carboxylic acids is 2. The molecule has 1 heterocycles. The van der Waals surface area contributed by atoms with Gasteiger partial charge >= 0.3 is 0 Å². The number of benzene rings is 1. The zero-order chi connectivity index (χ0) is 19.1. The highest BCUT2D eigenvalue weighted by Gasteiger charge is 2.22. The second-order valence-electron chi connectivity index (χ2n) is 7.27. The second kappa shape index (κ2) is 9.60. The third-order valence-electron chi connectivity index (χ3n) is 4.94. The number of methoxy groups -OCH3 is 1. The van der Waals surface area contributed by atoms with Crippen LogP contribution >= 0.6 is 0 Å². The molecule has 5 heteroatoms. The van der Waals surface area contributed by atoms with Gasteiger partial charge in [0.1, 0.15) is 5.75 Å². The molecule has 1 aliphatic rings. The van der Waals surface area contributed by atoms with E-state index < -0.39 is 0 Å². The maximum Gasteiger partial charge on any atom is 0.227 e. The van der Waals surface area contributed by atoms with Gasteiger partial charge in [0.15, 0.2) is 0 Å². The molecule has 1 aromatic carbocycles. The maximum atomic E-state index is 12.7. The molecule has 0 N–H and O–H groups in total. The number of ether oxygens (including phenoxy) is 1. The Labute approximate surface area is 157 Å². The topological polar surface area (TPSA) is 49.9 Å². The van der Waals surface area contributed by atoms with Crippen molar-refractivity contribution in [3.63, 3.8) is 0 Å². The SMILES string of the molecule is CCCC(=O)N1CCCN(C(=O)Cc2ccc(OC)c(C(C)C)c2)CC1. The molecule has 0 bridgehead atoms. The van der Waals surface area contributed by atoms with Crippen LogP contribution in [-0.4, -0.2) is 54.9 Å². The fourth-order valence-electron chi connectivity index (χ4n) is 3.42. The first-order chi connectivity index (χ1) is 12.5. The minimum absolute atomic E-state index is 0.134. The van der Waals surface area contributed by atoms with Crippen LogP contribution in [-0.2, 0) is 16.0 Å². The van der Waals surface area contributed by atoms with Gasteiger partial charge in [-0.15, -0.1) is 0 Å². The maximum absolute atomic E-state index is 12.7. The van der Waals surface area contributed by atoms with Crippen LogP contribution in [0.4, 0.5) is 0 Å². The Hall–Kier alpha value is -2.04. The van der Waals surface area contributed by atoms with E-state index in [-0.39, 0.29) is 11.8 Å². The Balaban J connectivity index is 1.99. The summed E-state index contributed by atoms with van der Waals surface area (Å²) in [5.74, 6) is 1.56. The molecule has 2 amide bonds. The predicted molar refractivity (Wildman–Crippen MR) is 103 cm³/mol. The van der Waals surface area contributed by atoms with Gasteiger partial charge in [-0.1, -0.05) is 32.9 Å². The van der Waals surface area contributed by atoms with Crippen molar-refractivity contribution >= 4 is 11.8 Å². The van der Waals surface area contributed by atoms with Crippen LogP contribution in [0.25, 0.3) is 0 Å². The van der Waals surface area contributed by atoms with Crippen molar-refractivity contribution < 1.29 is 14.3 Å². The normalized spacial score (nSPS) is 15.1. The largest absolute Gasteiger partial charge is 0.496 e. The molecular formula is C21H32N2O3. The Kier molecular flexibility index (Phi) is 7.49. The van der Waals surface area contributed by atoms with Crippen LogP contribution in [0.15, 0.2) is 18.2 Å². The summed E-state index contributed by atoms with van der Waals surface area (Å²) in [7, 11) is 1.68. The molecule has 0 saturated carbocycles. The molecule has 144 valence electrons. The number of amides is 2. The van der Waals surface area contributed by atoms with E-state index in [2.05, 4.69) is 19.9 Å². The molecule has 2 rings (SSSR count). The quantitative estimate of drug-likeness (QED) is 0.783. The molecule has 26 heavy (non-hydrogen) atoms.